The molecule has 0 saturated heterocycles. The molecule has 6 nitrogen and oxygen atoms in total. The van der Waals surface area contributed by atoms with Gasteiger partial charge in [0.2, 0.25) is 0 Å². The summed E-state index contributed by atoms with van der Waals surface area (Å²) in [5.74, 6) is -0.192. The number of nitrogens with zero attached hydrogens (tertiary/aromatic N) is 1. The first-order valence-electron chi connectivity index (χ1n) is 7.85. The van der Waals surface area contributed by atoms with Crippen LogP contribution in [0.25, 0.3) is 11.0 Å². The molecule has 0 amide bonds. The van der Waals surface area contributed by atoms with Crippen molar-refractivity contribution in [2.75, 3.05) is 27.4 Å². The summed E-state index contributed by atoms with van der Waals surface area (Å²) in [5, 5.41) is 10.5. The molecule has 1 atom stereocenters. The van der Waals surface area contributed by atoms with E-state index in [0.717, 1.165) is 0 Å². The molecule has 0 aliphatic rings. The van der Waals surface area contributed by atoms with Crippen molar-refractivity contribution in [1.82, 2.24) is 9.97 Å². The van der Waals surface area contributed by atoms with Gasteiger partial charge in [-0.1, -0.05) is 11.6 Å². The fourth-order valence-electron chi connectivity index (χ4n) is 2.77. The maximum Gasteiger partial charge on any atom is 0.138 e. The summed E-state index contributed by atoms with van der Waals surface area (Å²) < 4.78 is 30.6. The SMILES string of the molecule is COCCOc1ccc(F)c(C(OC)c2c[nH]c3ncc(O)cc23)c1Cl. The molecular formula is C18H18ClFN2O4. The van der Waals surface area contributed by atoms with Crippen LogP contribution in [0.15, 0.2) is 30.6 Å². The first-order chi connectivity index (χ1) is 12.6. The zero-order chi connectivity index (χ0) is 18.7. The first kappa shape index (κ1) is 18.4. The highest BCUT2D eigenvalue weighted by Crippen LogP contribution is 2.40. The predicted octanol–water partition coefficient (Wildman–Crippen LogP) is 3.82. The van der Waals surface area contributed by atoms with E-state index in [-0.39, 0.29) is 22.9 Å². The average molecular weight is 381 g/mol. The number of H-pyrrole nitrogens is 1. The maximum atomic E-state index is 14.6. The molecule has 8 heteroatoms. The Kier molecular flexibility index (Phi) is 5.61. The lowest BCUT2D eigenvalue weighted by Crippen LogP contribution is -2.09. The van der Waals surface area contributed by atoms with E-state index >= 15 is 0 Å². The van der Waals surface area contributed by atoms with Crippen LogP contribution in [-0.2, 0) is 9.47 Å². The molecular weight excluding hydrogens is 363 g/mol. The molecule has 2 heterocycles. The minimum Gasteiger partial charge on any atom is -0.506 e. The molecule has 0 fully saturated rings. The number of nitrogens with one attached hydrogen (secondary N) is 1. The largest absolute Gasteiger partial charge is 0.506 e. The van der Waals surface area contributed by atoms with Crippen LogP contribution >= 0.6 is 11.6 Å². The van der Waals surface area contributed by atoms with Gasteiger partial charge in [-0.2, -0.15) is 0 Å². The van der Waals surface area contributed by atoms with Crippen LogP contribution in [0.2, 0.25) is 5.02 Å². The highest BCUT2D eigenvalue weighted by Gasteiger charge is 2.26. The van der Waals surface area contributed by atoms with Gasteiger partial charge < -0.3 is 24.3 Å². The van der Waals surface area contributed by atoms with Gasteiger partial charge >= 0.3 is 0 Å². The number of hydrogen-bond donors (Lipinski definition) is 2. The zero-order valence-electron chi connectivity index (χ0n) is 14.3. The van der Waals surface area contributed by atoms with Gasteiger partial charge in [0, 0.05) is 36.9 Å². The number of fused-ring (bicyclic) bond motifs is 1. The third kappa shape index (κ3) is 3.46. The summed E-state index contributed by atoms with van der Waals surface area (Å²) in [4.78, 5) is 7.08. The lowest BCUT2D eigenvalue weighted by atomic mass is 10.0. The van der Waals surface area contributed by atoms with Gasteiger partial charge in [0.05, 0.1) is 17.8 Å². The van der Waals surface area contributed by atoms with Crippen LogP contribution < -0.4 is 4.74 Å². The summed E-state index contributed by atoms with van der Waals surface area (Å²) in [6, 6.07) is 4.27. The molecule has 1 aromatic carbocycles. The van der Waals surface area contributed by atoms with E-state index in [2.05, 4.69) is 9.97 Å². The van der Waals surface area contributed by atoms with Crippen molar-refractivity contribution in [2.45, 2.75) is 6.10 Å². The van der Waals surface area contributed by atoms with Crippen LogP contribution in [0.3, 0.4) is 0 Å². The van der Waals surface area contributed by atoms with Gasteiger partial charge in [-0.15, -0.1) is 0 Å². The summed E-state index contributed by atoms with van der Waals surface area (Å²) in [6.45, 7) is 0.661. The Balaban J connectivity index is 2.07. The van der Waals surface area contributed by atoms with Gasteiger partial charge in [0.1, 0.15) is 35.7 Å². The smallest absolute Gasteiger partial charge is 0.138 e. The second-order valence-electron chi connectivity index (χ2n) is 5.56. The normalized spacial score (nSPS) is 12.5. The lowest BCUT2D eigenvalue weighted by Gasteiger charge is -2.19. The molecule has 26 heavy (non-hydrogen) atoms. The van der Waals surface area contributed by atoms with E-state index < -0.39 is 11.9 Å². The average Bonchev–Trinajstić information content (AvgIpc) is 3.03. The summed E-state index contributed by atoms with van der Waals surface area (Å²) in [7, 11) is 3.01. The minimum absolute atomic E-state index is 0.00331. The monoisotopic (exact) mass is 380 g/mol. The number of pyridine rings is 1. The number of ether oxygens (including phenoxy) is 3. The number of halogens is 2. The van der Waals surface area contributed by atoms with Crippen LogP contribution in [0.1, 0.15) is 17.2 Å². The molecule has 0 spiro atoms. The van der Waals surface area contributed by atoms with E-state index in [9.17, 15) is 9.50 Å². The second-order valence-corrected chi connectivity index (χ2v) is 5.94. The molecule has 1 unspecified atom stereocenters. The summed E-state index contributed by atoms with van der Waals surface area (Å²) in [5.41, 5.74) is 1.29. The molecule has 138 valence electrons. The zero-order valence-corrected chi connectivity index (χ0v) is 15.0. The fourth-order valence-corrected chi connectivity index (χ4v) is 3.07. The molecule has 3 aromatic rings. The molecule has 0 aliphatic heterocycles. The summed E-state index contributed by atoms with van der Waals surface area (Å²) in [6.07, 6.45) is 2.16. The molecule has 0 saturated carbocycles. The number of aromatic hydroxyl groups is 1. The van der Waals surface area contributed by atoms with E-state index in [4.69, 9.17) is 25.8 Å². The molecule has 0 aliphatic carbocycles. The quantitative estimate of drug-likeness (QED) is 0.609. The van der Waals surface area contributed by atoms with Crippen molar-refractivity contribution in [3.05, 3.63) is 52.6 Å². The first-order valence-corrected chi connectivity index (χ1v) is 8.23. The Morgan fingerprint density at radius 3 is 2.85 bits per heavy atom. The third-order valence-corrected chi connectivity index (χ3v) is 4.36. The van der Waals surface area contributed by atoms with E-state index in [0.29, 0.717) is 29.0 Å². The Morgan fingerprint density at radius 2 is 2.12 bits per heavy atom. The molecule has 0 bridgehead atoms. The van der Waals surface area contributed by atoms with Gasteiger partial charge in [-0.25, -0.2) is 9.37 Å². The van der Waals surface area contributed by atoms with Crippen LogP contribution in [0.5, 0.6) is 11.5 Å². The third-order valence-electron chi connectivity index (χ3n) is 3.97. The highest BCUT2D eigenvalue weighted by molar-refractivity contribution is 6.33. The van der Waals surface area contributed by atoms with Gasteiger partial charge in [-0.05, 0) is 18.2 Å². The molecule has 0 radical (unpaired) electrons. The Labute approximate surface area is 154 Å². The maximum absolute atomic E-state index is 14.6. The van der Waals surface area contributed by atoms with E-state index in [1.54, 1.807) is 13.3 Å². The minimum atomic E-state index is -0.814. The summed E-state index contributed by atoms with van der Waals surface area (Å²) >= 11 is 6.40. The van der Waals surface area contributed by atoms with Gasteiger partial charge in [0.15, 0.2) is 0 Å². The Bertz CT molecular complexity index is 916. The number of aromatic amines is 1. The predicted molar refractivity (Wildman–Crippen MR) is 95.4 cm³/mol. The van der Waals surface area contributed by atoms with E-state index in [1.807, 2.05) is 0 Å². The van der Waals surface area contributed by atoms with Crippen molar-refractivity contribution in [3.8, 4) is 11.5 Å². The Morgan fingerprint density at radius 1 is 1.31 bits per heavy atom. The highest BCUT2D eigenvalue weighted by atomic mass is 35.5. The number of rotatable bonds is 7. The van der Waals surface area contributed by atoms with Gasteiger partial charge in [0.25, 0.3) is 0 Å². The molecule has 2 aromatic heterocycles. The van der Waals surface area contributed by atoms with Crippen LogP contribution in [0, 0.1) is 5.82 Å². The van der Waals surface area contributed by atoms with Crippen molar-refractivity contribution in [3.63, 3.8) is 0 Å². The van der Waals surface area contributed by atoms with Crippen LogP contribution in [0.4, 0.5) is 4.39 Å². The van der Waals surface area contributed by atoms with Crippen molar-refractivity contribution < 1.29 is 23.7 Å². The number of aromatic nitrogens is 2. The van der Waals surface area contributed by atoms with Crippen molar-refractivity contribution >= 4 is 22.6 Å². The topological polar surface area (TPSA) is 76.6 Å². The number of benzene rings is 1. The van der Waals surface area contributed by atoms with Gasteiger partial charge in [-0.3, -0.25) is 0 Å². The standard InChI is InChI=1S/C18H18ClFN2O4/c1-24-5-6-26-14-4-3-13(20)15(16(14)19)17(25-2)12-9-22-18-11(12)7-10(23)8-21-18/h3-4,7-9,17,23H,5-6H2,1-2H3,(H,21,22). The Hall–Kier alpha value is -2.35. The molecule has 2 N–H and O–H groups in total. The second kappa shape index (κ2) is 7.90. The molecule has 3 rings (SSSR count). The van der Waals surface area contributed by atoms with Crippen LogP contribution in [-0.4, -0.2) is 42.5 Å². The lowest BCUT2D eigenvalue weighted by molar-refractivity contribution is 0.132. The van der Waals surface area contributed by atoms with Crippen molar-refractivity contribution in [2.24, 2.45) is 0 Å². The van der Waals surface area contributed by atoms with Crippen molar-refractivity contribution in [1.29, 1.82) is 0 Å². The van der Waals surface area contributed by atoms with E-state index in [1.165, 1.54) is 31.5 Å². The number of methoxy groups -OCH3 is 2. The number of hydrogen-bond acceptors (Lipinski definition) is 5. The fraction of sp³-hybridized carbons (Fsp3) is 0.278.